The third kappa shape index (κ3) is 2.70. The Morgan fingerprint density at radius 3 is 2.75 bits per heavy atom. The summed E-state index contributed by atoms with van der Waals surface area (Å²) in [5.74, 6) is -0.752. The van der Waals surface area contributed by atoms with Crippen LogP contribution >= 0.6 is 11.6 Å². The fourth-order valence-electron chi connectivity index (χ4n) is 0.930. The van der Waals surface area contributed by atoms with E-state index < -0.39 is 24.0 Å². The summed E-state index contributed by atoms with van der Waals surface area (Å²) in [5, 5.41) is 1.65. The maximum atomic E-state index is 11.4. The number of nitrogens with zero attached hydrogens (tertiary/aromatic N) is 2. The zero-order valence-corrected chi connectivity index (χ0v) is 8.69. The van der Waals surface area contributed by atoms with Crippen LogP contribution in [0.25, 0.3) is 0 Å². The number of carbonyl (C=O) groups is 2. The average Bonchev–Trinajstić information content (AvgIpc) is 2.18. The second-order valence-electron chi connectivity index (χ2n) is 2.79. The summed E-state index contributed by atoms with van der Waals surface area (Å²) in [6, 6.07) is -1.01. The molecule has 0 unspecified atom stereocenters. The molecule has 5 N–H and O–H groups in total. The molecule has 0 aliphatic rings. The predicted molar refractivity (Wildman–Crippen MR) is 55.6 cm³/mol. The van der Waals surface area contributed by atoms with Gasteiger partial charge in [-0.2, -0.15) is 0 Å². The van der Waals surface area contributed by atoms with Crippen molar-refractivity contribution in [3.05, 3.63) is 21.8 Å². The molecule has 0 fully saturated rings. The molecule has 0 radical (unpaired) electrons. The quantitative estimate of drug-likeness (QED) is 0.555. The molecular formula is C7H8ClN5O3. The van der Waals surface area contributed by atoms with Crippen molar-refractivity contribution in [1.82, 2.24) is 14.9 Å². The Labute approximate surface area is 94.2 Å². The standard InChI is InChI=1S/C7H8ClN5O3/c8-5-4(9)6(15)13(2-11-5)1-3(14)12-7(10)16/h2H,1,9H2,(H3,10,12,14,16). The molecule has 16 heavy (non-hydrogen) atoms. The first-order valence-corrected chi connectivity index (χ1v) is 4.39. The number of aromatic nitrogens is 2. The van der Waals surface area contributed by atoms with Crippen LogP contribution in [-0.2, 0) is 11.3 Å². The molecule has 1 aromatic heterocycles. The monoisotopic (exact) mass is 245 g/mol. The maximum absolute atomic E-state index is 11.4. The van der Waals surface area contributed by atoms with E-state index in [-0.39, 0.29) is 10.8 Å². The lowest BCUT2D eigenvalue weighted by Gasteiger charge is -2.05. The number of amides is 3. The van der Waals surface area contributed by atoms with E-state index in [0.29, 0.717) is 0 Å². The molecule has 8 nitrogen and oxygen atoms in total. The highest BCUT2D eigenvalue weighted by Gasteiger charge is 2.10. The number of anilines is 1. The van der Waals surface area contributed by atoms with Crippen molar-refractivity contribution in [2.24, 2.45) is 5.73 Å². The van der Waals surface area contributed by atoms with Gasteiger partial charge in [-0.1, -0.05) is 11.6 Å². The van der Waals surface area contributed by atoms with E-state index >= 15 is 0 Å². The number of nitrogen functional groups attached to an aromatic ring is 1. The smallest absolute Gasteiger partial charge is 0.318 e. The molecule has 9 heteroatoms. The van der Waals surface area contributed by atoms with Crippen LogP contribution in [0.3, 0.4) is 0 Å². The number of nitrogens with one attached hydrogen (secondary N) is 1. The first-order valence-electron chi connectivity index (χ1n) is 4.01. The third-order valence-corrected chi connectivity index (χ3v) is 1.90. The second kappa shape index (κ2) is 4.62. The van der Waals surface area contributed by atoms with Crippen molar-refractivity contribution < 1.29 is 9.59 Å². The number of carbonyl (C=O) groups excluding carboxylic acids is 2. The molecule has 86 valence electrons. The zero-order valence-electron chi connectivity index (χ0n) is 7.94. The van der Waals surface area contributed by atoms with Crippen molar-refractivity contribution in [2.75, 3.05) is 5.73 Å². The Kier molecular flexibility index (Phi) is 3.46. The normalized spacial score (nSPS) is 9.81. The van der Waals surface area contributed by atoms with Crippen molar-refractivity contribution in [3.63, 3.8) is 0 Å². The summed E-state index contributed by atoms with van der Waals surface area (Å²) in [5.41, 5.74) is 9.09. The fourth-order valence-corrected chi connectivity index (χ4v) is 1.05. The number of primary amides is 1. The number of rotatable bonds is 2. The molecule has 1 aromatic rings. The summed E-state index contributed by atoms with van der Waals surface area (Å²) in [6.07, 6.45) is 1.04. The second-order valence-corrected chi connectivity index (χ2v) is 3.15. The highest BCUT2D eigenvalue weighted by atomic mass is 35.5. The van der Waals surface area contributed by atoms with E-state index in [1.54, 1.807) is 5.32 Å². The highest BCUT2D eigenvalue weighted by molar-refractivity contribution is 6.31. The third-order valence-electron chi connectivity index (χ3n) is 1.60. The molecule has 3 amide bonds. The number of nitrogens with two attached hydrogens (primary N) is 2. The van der Waals surface area contributed by atoms with Crippen LogP contribution in [0.15, 0.2) is 11.1 Å². The molecule has 0 aliphatic heterocycles. The number of hydrogen-bond acceptors (Lipinski definition) is 5. The van der Waals surface area contributed by atoms with Gasteiger partial charge in [0, 0.05) is 0 Å². The fraction of sp³-hybridized carbons (Fsp3) is 0.143. The Hall–Kier alpha value is -2.09. The minimum absolute atomic E-state index is 0.142. The first kappa shape index (κ1) is 12.0. The van der Waals surface area contributed by atoms with Crippen LogP contribution in [0.2, 0.25) is 5.15 Å². The lowest BCUT2D eigenvalue weighted by molar-refractivity contribution is -0.120. The molecule has 0 bridgehead atoms. The van der Waals surface area contributed by atoms with E-state index in [9.17, 15) is 14.4 Å². The zero-order chi connectivity index (χ0) is 12.3. The van der Waals surface area contributed by atoms with Gasteiger partial charge >= 0.3 is 6.03 Å². The van der Waals surface area contributed by atoms with E-state index in [4.69, 9.17) is 23.1 Å². The lowest BCUT2D eigenvalue weighted by atomic mass is 10.5. The number of hydrogen-bond donors (Lipinski definition) is 3. The Bertz CT molecular complexity index is 497. The Morgan fingerprint density at radius 2 is 2.19 bits per heavy atom. The van der Waals surface area contributed by atoms with Crippen molar-refractivity contribution in [1.29, 1.82) is 0 Å². The van der Waals surface area contributed by atoms with E-state index in [1.807, 2.05) is 0 Å². The predicted octanol–water partition coefficient (Wildman–Crippen LogP) is -1.33. The summed E-state index contributed by atoms with van der Waals surface area (Å²) in [4.78, 5) is 36.5. The van der Waals surface area contributed by atoms with Crippen LogP contribution in [-0.4, -0.2) is 21.5 Å². The Balaban J connectivity index is 2.91. The molecule has 1 heterocycles. The molecule has 0 saturated carbocycles. The van der Waals surface area contributed by atoms with Gasteiger partial charge in [0.1, 0.15) is 12.2 Å². The van der Waals surface area contributed by atoms with E-state index in [2.05, 4.69) is 4.98 Å². The van der Waals surface area contributed by atoms with Gasteiger partial charge in [-0.25, -0.2) is 9.78 Å². The number of halogens is 1. The lowest BCUT2D eigenvalue weighted by Crippen LogP contribution is -2.39. The Morgan fingerprint density at radius 1 is 1.56 bits per heavy atom. The van der Waals surface area contributed by atoms with E-state index in [1.165, 1.54) is 0 Å². The van der Waals surface area contributed by atoms with Gasteiger partial charge in [-0.3, -0.25) is 19.5 Å². The highest BCUT2D eigenvalue weighted by Crippen LogP contribution is 2.07. The van der Waals surface area contributed by atoms with Crippen molar-refractivity contribution >= 4 is 29.2 Å². The molecule has 0 aromatic carbocycles. The summed E-state index contributed by atoms with van der Waals surface area (Å²) < 4.78 is 0.902. The van der Waals surface area contributed by atoms with Crippen LogP contribution in [0.1, 0.15) is 0 Å². The van der Waals surface area contributed by atoms with Gasteiger partial charge in [0.2, 0.25) is 5.91 Å². The largest absolute Gasteiger partial charge is 0.392 e. The maximum Gasteiger partial charge on any atom is 0.318 e. The molecule has 0 saturated heterocycles. The van der Waals surface area contributed by atoms with Gasteiger partial charge in [-0.05, 0) is 0 Å². The van der Waals surface area contributed by atoms with Crippen LogP contribution in [0.5, 0.6) is 0 Å². The summed E-state index contributed by atoms with van der Waals surface area (Å²) in [7, 11) is 0. The van der Waals surface area contributed by atoms with Crippen molar-refractivity contribution in [2.45, 2.75) is 6.54 Å². The van der Waals surface area contributed by atoms with Crippen molar-refractivity contribution in [3.8, 4) is 0 Å². The molecule has 1 rings (SSSR count). The van der Waals surface area contributed by atoms with Gasteiger partial charge in [0.05, 0.1) is 6.33 Å². The molecule has 0 atom stereocenters. The SMILES string of the molecule is NC(=O)NC(=O)Cn1cnc(Cl)c(N)c1=O. The van der Waals surface area contributed by atoms with Gasteiger partial charge in [0.25, 0.3) is 5.56 Å². The van der Waals surface area contributed by atoms with Crippen LogP contribution < -0.4 is 22.3 Å². The number of urea groups is 1. The van der Waals surface area contributed by atoms with Gasteiger partial charge < -0.3 is 11.5 Å². The molecule has 0 aliphatic carbocycles. The van der Waals surface area contributed by atoms with Crippen LogP contribution in [0, 0.1) is 0 Å². The minimum Gasteiger partial charge on any atom is -0.392 e. The van der Waals surface area contributed by atoms with Gasteiger partial charge in [-0.15, -0.1) is 0 Å². The topological polar surface area (TPSA) is 133 Å². The first-order chi connectivity index (χ1) is 7.41. The average molecular weight is 246 g/mol. The summed E-state index contributed by atoms with van der Waals surface area (Å²) >= 11 is 5.48. The molecular weight excluding hydrogens is 238 g/mol. The van der Waals surface area contributed by atoms with E-state index in [0.717, 1.165) is 10.9 Å². The minimum atomic E-state index is -1.01. The van der Waals surface area contributed by atoms with Crippen LogP contribution in [0.4, 0.5) is 10.5 Å². The molecule has 0 spiro atoms. The summed E-state index contributed by atoms with van der Waals surface area (Å²) in [6.45, 7) is -0.420. The number of imide groups is 1. The van der Waals surface area contributed by atoms with Gasteiger partial charge in [0.15, 0.2) is 5.15 Å².